The fourth-order valence-electron chi connectivity index (χ4n) is 3.67. The van der Waals surface area contributed by atoms with Crippen molar-refractivity contribution in [3.05, 3.63) is 34.9 Å². The number of anilines is 1. The summed E-state index contributed by atoms with van der Waals surface area (Å²) >= 11 is 6.12. The van der Waals surface area contributed by atoms with E-state index in [0.29, 0.717) is 34.7 Å². The van der Waals surface area contributed by atoms with Crippen LogP contribution in [0.4, 0.5) is 11.4 Å². The standard InChI is InChI=1S/C19H23ClN6O2/c1-27-16-14-15(17(28-2)26-25-16)24-19(6-8-21-9-7-19)18(23-14)22-11-12-4-3-5-13(20)10-12/h3-5,10,21,24H,6-9,11H2,1-2H3,(H,22,23). The third kappa shape index (κ3) is 3.45. The molecular formula is C19H23ClN6O2. The van der Waals surface area contributed by atoms with Gasteiger partial charge in [-0.3, -0.25) is 0 Å². The van der Waals surface area contributed by atoms with Gasteiger partial charge in [0, 0.05) is 11.6 Å². The summed E-state index contributed by atoms with van der Waals surface area (Å²) in [4.78, 5) is 4.91. The molecule has 0 amide bonds. The lowest BCUT2D eigenvalue weighted by atomic mass is 9.85. The molecule has 3 heterocycles. The molecule has 1 saturated heterocycles. The predicted molar refractivity (Wildman–Crippen MR) is 109 cm³/mol. The maximum absolute atomic E-state index is 6.12. The number of nitrogens with one attached hydrogen (secondary N) is 3. The lowest BCUT2D eigenvalue weighted by Gasteiger charge is -2.42. The molecule has 0 radical (unpaired) electrons. The molecule has 3 N–H and O–H groups in total. The largest absolute Gasteiger partial charge is 0.478 e. The van der Waals surface area contributed by atoms with E-state index in [2.05, 4.69) is 26.1 Å². The maximum atomic E-state index is 6.12. The van der Waals surface area contributed by atoms with Crippen molar-refractivity contribution in [1.82, 2.24) is 20.8 Å². The minimum Gasteiger partial charge on any atom is -0.478 e. The van der Waals surface area contributed by atoms with Crippen LogP contribution in [0, 0.1) is 0 Å². The van der Waals surface area contributed by atoms with Crippen LogP contribution in [0.25, 0.3) is 0 Å². The fraction of sp³-hybridized carbons (Fsp3) is 0.421. The highest BCUT2D eigenvalue weighted by Gasteiger charge is 2.42. The van der Waals surface area contributed by atoms with Gasteiger partial charge in [-0.2, -0.15) is 0 Å². The van der Waals surface area contributed by atoms with Crippen LogP contribution in [0.15, 0.2) is 29.3 Å². The fourth-order valence-corrected chi connectivity index (χ4v) is 3.88. The van der Waals surface area contributed by atoms with Crippen molar-refractivity contribution in [2.24, 2.45) is 4.99 Å². The highest BCUT2D eigenvalue weighted by Crippen LogP contribution is 2.45. The third-order valence-corrected chi connectivity index (χ3v) is 5.35. The van der Waals surface area contributed by atoms with Crippen molar-refractivity contribution in [2.75, 3.05) is 32.6 Å². The number of piperidine rings is 1. The summed E-state index contributed by atoms with van der Waals surface area (Å²) in [6, 6.07) is 7.79. The molecule has 2 aliphatic heterocycles. The molecule has 2 aliphatic rings. The Morgan fingerprint density at radius 3 is 2.61 bits per heavy atom. The summed E-state index contributed by atoms with van der Waals surface area (Å²) in [6.07, 6.45) is 1.75. The van der Waals surface area contributed by atoms with E-state index in [4.69, 9.17) is 26.1 Å². The summed E-state index contributed by atoms with van der Waals surface area (Å²) in [7, 11) is 3.13. The molecule has 8 nitrogen and oxygen atoms in total. The number of benzene rings is 1. The first-order valence-electron chi connectivity index (χ1n) is 9.20. The number of hydrogen-bond donors (Lipinski definition) is 3. The van der Waals surface area contributed by atoms with E-state index in [1.54, 1.807) is 14.2 Å². The van der Waals surface area contributed by atoms with Gasteiger partial charge in [-0.05, 0) is 43.6 Å². The first-order chi connectivity index (χ1) is 13.6. The van der Waals surface area contributed by atoms with Gasteiger partial charge >= 0.3 is 0 Å². The predicted octanol–water partition coefficient (Wildman–Crippen LogP) is 2.51. The number of rotatable bonds is 4. The van der Waals surface area contributed by atoms with Gasteiger partial charge in [0.1, 0.15) is 11.5 Å². The van der Waals surface area contributed by atoms with Gasteiger partial charge in [-0.25, -0.2) is 4.99 Å². The minimum atomic E-state index is -0.335. The van der Waals surface area contributed by atoms with E-state index in [1.807, 2.05) is 24.3 Å². The van der Waals surface area contributed by atoms with E-state index >= 15 is 0 Å². The number of aromatic nitrogens is 2. The Bertz CT molecular complexity index is 898. The number of amidine groups is 1. The van der Waals surface area contributed by atoms with E-state index in [1.165, 1.54) is 0 Å². The Labute approximate surface area is 168 Å². The molecule has 0 bridgehead atoms. The van der Waals surface area contributed by atoms with Gasteiger partial charge in [0.15, 0.2) is 5.69 Å². The molecule has 1 fully saturated rings. The van der Waals surface area contributed by atoms with Crippen molar-refractivity contribution in [2.45, 2.75) is 24.9 Å². The van der Waals surface area contributed by atoms with Crippen LogP contribution in [-0.2, 0) is 6.54 Å². The Balaban J connectivity index is 1.73. The van der Waals surface area contributed by atoms with E-state index < -0.39 is 0 Å². The molecule has 0 atom stereocenters. The zero-order valence-electron chi connectivity index (χ0n) is 15.9. The molecule has 0 unspecified atom stereocenters. The van der Waals surface area contributed by atoms with Gasteiger partial charge < -0.3 is 25.4 Å². The Morgan fingerprint density at radius 2 is 1.89 bits per heavy atom. The summed E-state index contributed by atoms with van der Waals surface area (Å²) in [5, 5.41) is 19.5. The zero-order chi connectivity index (χ0) is 19.6. The zero-order valence-corrected chi connectivity index (χ0v) is 16.6. The van der Waals surface area contributed by atoms with Gasteiger partial charge in [-0.15, -0.1) is 10.2 Å². The first kappa shape index (κ1) is 18.8. The first-order valence-corrected chi connectivity index (χ1v) is 9.58. The lowest BCUT2D eigenvalue weighted by Crippen LogP contribution is -2.58. The van der Waals surface area contributed by atoms with Crippen LogP contribution >= 0.6 is 11.6 Å². The second-order valence-electron chi connectivity index (χ2n) is 6.84. The Kier molecular flexibility index (Phi) is 5.23. The monoisotopic (exact) mass is 402 g/mol. The molecule has 1 spiro atoms. The molecule has 4 rings (SSSR count). The number of hydrogen-bond acceptors (Lipinski definition) is 8. The number of nitrogens with zero attached hydrogens (tertiary/aromatic N) is 3. The van der Waals surface area contributed by atoms with Crippen LogP contribution in [0.5, 0.6) is 11.8 Å². The van der Waals surface area contributed by atoms with Crippen LogP contribution < -0.4 is 25.4 Å². The number of methoxy groups -OCH3 is 2. The summed E-state index contributed by atoms with van der Waals surface area (Å²) in [5.41, 5.74) is 2.05. The van der Waals surface area contributed by atoms with Gasteiger partial charge in [-0.1, -0.05) is 23.7 Å². The van der Waals surface area contributed by atoms with Gasteiger partial charge in [0.05, 0.1) is 19.8 Å². The number of ether oxygens (including phenoxy) is 2. The van der Waals surface area contributed by atoms with Crippen molar-refractivity contribution >= 4 is 28.8 Å². The Morgan fingerprint density at radius 1 is 1.14 bits per heavy atom. The third-order valence-electron chi connectivity index (χ3n) is 5.12. The summed E-state index contributed by atoms with van der Waals surface area (Å²) in [5.74, 6) is 1.62. The summed E-state index contributed by atoms with van der Waals surface area (Å²) in [6.45, 7) is 2.39. The van der Waals surface area contributed by atoms with Gasteiger partial charge in [0.25, 0.3) is 11.8 Å². The van der Waals surface area contributed by atoms with Crippen LogP contribution in [-0.4, -0.2) is 48.9 Å². The molecule has 28 heavy (non-hydrogen) atoms. The smallest absolute Gasteiger partial charge is 0.261 e. The summed E-state index contributed by atoms with van der Waals surface area (Å²) < 4.78 is 10.8. The van der Waals surface area contributed by atoms with Crippen LogP contribution in [0.2, 0.25) is 5.02 Å². The topological polar surface area (TPSA) is 92.7 Å². The lowest BCUT2D eigenvalue weighted by molar-refractivity contribution is 0.364. The second kappa shape index (κ2) is 7.81. The molecule has 2 aromatic rings. The van der Waals surface area contributed by atoms with E-state index in [0.717, 1.165) is 37.3 Å². The number of aliphatic imine (C=N–C) groups is 1. The Hall–Kier alpha value is -2.58. The quantitative estimate of drug-likeness (QED) is 0.723. The highest BCUT2D eigenvalue weighted by atomic mass is 35.5. The van der Waals surface area contributed by atoms with Gasteiger partial charge in [0.2, 0.25) is 0 Å². The van der Waals surface area contributed by atoms with Crippen molar-refractivity contribution < 1.29 is 9.47 Å². The average molecular weight is 403 g/mol. The van der Waals surface area contributed by atoms with Crippen LogP contribution in [0.1, 0.15) is 18.4 Å². The highest BCUT2D eigenvalue weighted by molar-refractivity contribution is 6.30. The van der Waals surface area contributed by atoms with E-state index in [-0.39, 0.29) is 5.54 Å². The van der Waals surface area contributed by atoms with Crippen LogP contribution in [0.3, 0.4) is 0 Å². The second-order valence-corrected chi connectivity index (χ2v) is 7.28. The molecular weight excluding hydrogens is 380 g/mol. The molecule has 148 valence electrons. The molecule has 1 aromatic heterocycles. The molecule has 9 heteroatoms. The maximum Gasteiger partial charge on any atom is 0.261 e. The molecule has 0 saturated carbocycles. The molecule has 1 aromatic carbocycles. The molecule has 0 aliphatic carbocycles. The average Bonchev–Trinajstić information content (AvgIpc) is 2.72. The van der Waals surface area contributed by atoms with E-state index in [9.17, 15) is 0 Å². The number of halogens is 1. The van der Waals surface area contributed by atoms with Crippen molar-refractivity contribution in [3.8, 4) is 11.8 Å². The number of fused-ring (bicyclic) bond motifs is 1. The minimum absolute atomic E-state index is 0.335. The van der Waals surface area contributed by atoms with Crippen molar-refractivity contribution in [1.29, 1.82) is 0 Å². The van der Waals surface area contributed by atoms with Crippen molar-refractivity contribution in [3.63, 3.8) is 0 Å². The normalized spacial score (nSPS) is 17.3. The SMILES string of the molecule is COc1nnc(OC)c2c1N=C(NCc1cccc(Cl)c1)C1(CCNCC1)N2.